The first-order valence-corrected chi connectivity index (χ1v) is 10.3. The number of hydrogen-bond acceptors (Lipinski definition) is 6. The molecule has 142 valence electrons. The molecule has 2 aliphatic rings. The topological polar surface area (TPSA) is 66.3 Å². The molecule has 0 saturated carbocycles. The third kappa shape index (κ3) is 3.33. The number of thioether (sulfide) groups is 1. The van der Waals surface area contributed by atoms with E-state index in [4.69, 9.17) is 9.73 Å². The number of hydrogen-bond donors (Lipinski definition) is 1. The zero-order chi connectivity index (χ0) is 19.7. The first-order valence-electron chi connectivity index (χ1n) is 8.56. The Morgan fingerprint density at radius 3 is 2.96 bits per heavy atom. The van der Waals surface area contributed by atoms with Gasteiger partial charge in [-0.2, -0.15) is 0 Å². The van der Waals surface area contributed by atoms with E-state index in [0.717, 1.165) is 20.6 Å². The summed E-state index contributed by atoms with van der Waals surface area (Å²) in [5, 5.41) is 11.3. The second-order valence-electron chi connectivity index (χ2n) is 6.06. The Kier molecular flexibility index (Phi) is 5.23. The Morgan fingerprint density at radius 1 is 1.36 bits per heavy atom. The number of fused-ring (bicyclic) bond motifs is 2. The van der Waals surface area contributed by atoms with Crippen LogP contribution in [0.3, 0.4) is 0 Å². The lowest BCUT2D eigenvalue weighted by Gasteiger charge is -2.34. The number of rotatable bonds is 4. The second kappa shape index (κ2) is 7.81. The molecular formula is C20H17BrN4O2S. The van der Waals surface area contributed by atoms with Crippen LogP contribution in [0.5, 0.6) is 5.75 Å². The summed E-state index contributed by atoms with van der Waals surface area (Å²) in [6, 6.07) is 13.3. The van der Waals surface area contributed by atoms with Crippen LogP contribution in [0.25, 0.3) is 5.70 Å². The van der Waals surface area contributed by atoms with Crippen molar-refractivity contribution in [3.8, 4) is 5.75 Å². The van der Waals surface area contributed by atoms with Crippen molar-refractivity contribution in [3.63, 3.8) is 0 Å². The molecule has 2 aliphatic heterocycles. The van der Waals surface area contributed by atoms with Crippen LogP contribution in [0, 0.1) is 0 Å². The van der Waals surface area contributed by atoms with Gasteiger partial charge in [0.05, 0.1) is 12.5 Å². The number of halogens is 1. The number of hydrazone groups is 1. The Bertz CT molecular complexity index is 1120. The molecule has 28 heavy (non-hydrogen) atoms. The maximum absolute atomic E-state index is 13.0. The Morgan fingerprint density at radius 2 is 2.18 bits per heavy atom. The number of nitrogens with zero attached hydrogens (tertiary/aromatic N) is 3. The zero-order valence-electron chi connectivity index (χ0n) is 15.1. The molecule has 4 rings (SSSR count). The lowest BCUT2D eigenvalue weighted by molar-refractivity contribution is -0.116. The normalized spacial score (nSPS) is 17.7. The summed E-state index contributed by atoms with van der Waals surface area (Å²) >= 11 is 5.02. The van der Waals surface area contributed by atoms with Crippen LogP contribution >= 0.6 is 27.7 Å². The summed E-state index contributed by atoms with van der Waals surface area (Å²) in [5.74, 6) is 1.15. The second-order valence-corrected chi connectivity index (χ2v) is 7.92. The third-order valence-electron chi connectivity index (χ3n) is 4.33. The maximum atomic E-state index is 13.0. The molecule has 0 saturated heterocycles. The van der Waals surface area contributed by atoms with Gasteiger partial charge in [-0.25, -0.2) is 5.01 Å². The minimum absolute atomic E-state index is 0.201. The summed E-state index contributed by atoms with van der Waals surface area (Å²) in [7, 11) is 1.62. The SMILES string of the molecule is C=CCSC1=NN2C(=c3ccccc3=N[C@@H]2c2cc(OC)ccc2Br)C(=O)N1. The van der Waals surface area contributed by atoms with Crippen molar-refractivity contribution in [1.29, 1.82) is 0 Å². The minimum atomic E-state index is -0.500. The summed E-state index contributed by atoms with van der Waals surface area (Å²) in [5.41, 5.74) is 1.34. The standard InChI is InChI=1S/C20H17BrN4O2S/c1-3-10-28-20-23-19(26)17-13-6-4-5-7-16(13)22-18(25(17)24-20)14-11-12(27-2)8-9-15(14)21/h3-9,11,18H,1,10H2,2H3,(H,23,24,26)/t18-/m0/s1. The molecule has 1 amide bonds. The van der Waals surface area contributed by atoms with Crippen molar-refractivity contribution in [1.82, 2.24) is 10.3 Å². The largest absolute Gasteiger partial charge is 0.497 e. The molecule has 0 unspecified atom stereocenters. The van der Waals surface area contributed by atoms with Gasteiger partial charge in [-0.05, 0) is 24.3 Å². The van der Waals surface area contributed by atoms with Crippen LogP contribution in [0.15, 0.2) is 69.7 Å². The predicted molar refractivity (Wildman–Crippen MR) is 114 cm³/mol. The molecule has 2 aromatic rings. The van der Waals surface area contributed by atoms with E-state index in [2.05, 4.69) is 32.9 Å². The van der Waals surface area contributed by atoms with Gasteiger partial charge in [-0.3, -0.25) is 15.1 Å². The van der Waals surface area contributed by atoms with Crippen LogP contribution in [-0.2, 0) is 4.79 Å². The quantitative estimate of drug-likeness (QED) is 0.717. The van der Waals surface area contributed by atoms with E-state index in [1.54, 1.807) is 18.2 Å². The van der Waals surface area contributed by atoms with Crippen LogP contribution in [-0.4, -0.2) is 28.9 Å². The zero-order valence-corrected chi connectivity index (χ0v) is 17.5. The number of para-hydroxylation sites is 1. The van der Waals surface area contributed by atoms with Gasteiger partial charge in [0.1, 0.15) is 11.4 Å². The number of benzene rings is 2. The van der Waals surface area contributed by atoms with Crippen molar-refractivity contribution in [3.05, 3.63) is 75.7 Å². The number of nitrogens with one attached hydrogen (secondary N) is 1. The Labute approximate surface area is 174 Å². The van der Waals surface area contributed by atoms with Crippen LogP contribution in [0.2, 0.25) is 0 Å². The molecule has 0 bridgehead atoms. The van der Waals surface area contributed by atoms with Gasteiger partial charge in [0.25, 0.3) is 5.91 Å². The molecule has 8 heteroatoms. The number of methoxy groups -OCH3 is 1. The van der Waals surface area contributed by atoms with Crippen molar-refractivity contribution in [2.24, 2.45) is 10.1 Å². The predicted octanol–water partition coefficient (Wildman–Crippen LogP) is 2.52. The van der Waals surface area contributed by atoms with E-state index in [1.807, 2.05) is 42.5 Å². The summed E-state index contributed by atoms with van der Waals surface area (Å²) in [6.45, 7) is 3.72. The molecule has 0 radical (unpaired) electrons. The molecule has 1 atom stereocenters. The molecule has 0 aromatic heterocycles. The molecule has 0 spiro atoms. The van der Waals surface area contributed by atoms with Crippen molar-refractivity contribution in [2.75, 3.05) is 12.9 Å². The fourth-order valence-corrected chi connectivity index (χ4v) is 4.12. The fourth-order valence-electron chi connectivity index (χ4n) is 3.08. The highest BCUT2D eigenvalue weighted by Crippen LogP contribution is 2.36. The Balaban J connectivity index is 1.93. The van der Waals surface area contributed by atoms with E-state index in [-0.39, 0.29) is 5.91 Å². The lowest BCUT2D eigenvalue weighted by Crippen LogP contribution is -2.50. The highest BCUT2D eigenvalue weighted by Gasteiger charge is 2.35. The average molecular weight is 457 g/mol. The number of amidine groups is 1. The van der Waals surface area contributed by atoms with Crippen molar-refractivity contribution >= 4 is 44.5 Å². The lowest BCUT2D eigenvalue weighted by atomic mass is 10.1. The van der Waals surface area contributed by atoms with Gasteiger partial charge in [0, 0.05) is 21.0 Å². The van der Waals surface area contributed by atoms with Crippen molar-refractivity contribution < 1.29 is 9.53 Å². The fraction of sp³-hybridized carbons (Fsp3) is 0.150. The van der Waals surface area contributed by atoms with Gasteiger partial charge < -0.3 is 4.74 Å². The van der Waals surface area contributed by atoms with Crippen LogP contribution < -0.4 is 20.6 Å². The van der Waals surface area contributed by atoms with Gasteiger partial charge in [-0.1, -0.05) is 52.0 Å². The molecule has 2 aromatic carbocycles. The maximum Gasteiger partial charge on any atom is 0.276 e. The highest BCUT2D eigenvalue weighted by atomic mass is 79.9. The van der Waals surface area contributed by atoms with Gasteiger partial charge >= 0.3 is 0 Å². The number of carbonyl (C=O) groups excluding carboxylic acids is 1. The van der Waals surface area contributed by atoms with E-state index in [1.165, 1.54) is 11.8 Å². The van der Waals surface area contributed by atoms with E-state index >= 15 is 0 Å². The number of ether oxygens (including phenoxy) is 1. The van der Waals surface area contributed by atoms with E-state index in [0.29, 0.717) is 22.4 Å². The first-order chi connectivity index (χ1) is 13.6. The molecular weight excluding hydrogens is 440 g/mol. The smallest absolute Gasteiger partial charge is 0.276 e. The Hall–Kier alpha value is -2.58. The minimum Gasteiger partial charge on any atom is -0.497 e. The average Bonchev–Trinajstić information content (AvgIpc) is 2.72. The highest BCUT2D eigenvalue weighted by molar-refractivity contribution is 9.10. The van der Waals surface area contributed by atoms with Gasteiger partial charge in [0.2, 0.25) is 0 Å². The van der Waals surface area contributed by atoms with Gasteiger partial charge in [0.15, 0.2) is 11.3 Å². The molecule has 0 aliphatic carbocycles. The van der Waals surface area contributed by atoms with E-state index < -0.39 is 6.17 Å². The van der Waals surface area contributed by atoms with Crippen LogP contribution in [0.1, 0.15) is 11.7 Å². The monoisotopic (exact) mass is 456 g/mol. The molecule has 1 N–H and O–H groups in total. The number of amides is 1. The van der Waals surface area contributed by atoms with E-state index in [9.17, 15) is 4.79 Å². The molecule has 2 heterocycles. The van der Waals surface area contributed by atoms with Crippen molar-refractivity contribution in [2.45, 2.75) is 6.17 Å². The van der Waals surface area contributed by atoms with Crippen LogP contribution in [0.4, 0.5) is 0 Å². The third-order valence-corrected chi connectivity index (χ3v) is 5.92. The number of carbonyl (C=O) groups is 1. The summed E-state index contributed by atoms with van der Waals surface area (Å²) in [4.78, 5) is 17.9. The first kappa shape index (κ1) is 18.8. The summed E-state index contributed by atoms with van der Waals surface area (Å²) < 4.78 is 6.25. The molecule has 6 nitrogen and oxygen atoms in total. The summed E-state index contributed by atoms with van der Waals surface area (Å²) in [6.07, 6.45) is 1.27. The molecule has 0 fully saturated rings. The van der Waals surface area contributed by atoms with Gasteiger partial charge in [-0.15, -0.1) is 11.7 Å².